The fourth-order valence-corrected chi connectivity index (χ4v) is 1.62. The second-order valence-electron chi connectivity index (χ2n) is 3.78. The predicted octanol–water partition coefficient (Wildman–Crippen LogP) is 2.88. The Morgan fingerprint density at radius 3 is 2.77 bits per heavy atom. The van der Waals surface area contributed by atoms with Crippen molar-refractivity contribution in [1.29, 1.82) is 0 Å². The van der Waals surface area contributed by atoms with Gasteiger partial charge in [-0.1, -0.05) is 24.3 Å². The number of fused-ring (bicyclic) bond motifs is 1. The van der Waals surface area contributed by atoms with Gasteiger partial charge in [-0.05, 0) is 31.1 Å². The summed E-state index contributed by atoms with van der Waals surface area (Å²) in [5, 5.41) is 0. The molecule has 68 valence electrons. The fourth-order valence-electron chi connectivity index (χ4n) is 1.62. The Balaban J connectivity index is 2.29. The molecule has 1 aromatic rings. The van der Waals surface area contributed by atoms with Crippen LogP contribution in [-0.4, -0.2) is 10.9 Å². The lowest BCUT2D eigenvalue weighted by atomic mass is 10.0. The lowest BCUT2D eigenvalue weighted by Gasteiger charge is -2.28. The summed E-state index contributed by atoms with van der Waals surface area (Å²) in [5.74, 6) is 0. The Bertz CT molecular complexity index is 326. The fraction of sp³-hybridized carbons (Fsp3) is 0.333. The zero-order chi connectivity index (χ0) is 9.26. The monoisotopic (exact) mass is 173 g/mol. The molecule has 0 aromatic heterocycles. The molecule has 0 radical (unpaired) electrons. The maximum absolute atomic E-state index is 2.35. The van der Waals surface area contributed by atoms with Gasteiger partial charge in [0, 0.05) is 18.8 Å². The normalized spacial score (nSPS) is 14.8. The summed E-state index contributed by atoms with van der Waals surface area (Å²) in [5.41, 5.74) is 2.79. The van der Waals surface area contributed by atoms with Gasteiger partial charge in [-0.2, -0.15) is 0 Å². The lowest BCUT2D eigenvalue weighted by Crippen LogP contribution is -2.26. The molecule has 0 saturated heterocycles. The standard InChI is InChI=1S/C12H15N/c1-10(2)13-8-7-11-5-3-4-6-12(11)9-13/h3-8,10H,9H2,1-2H3. The molecule has 0 unspecified atom stereocenters. The summed E-state index contributed by atoms with van der Waals surface area (Å²) >= 11 is 0. The van der Waals surface area contributed by atoms with Gasteiger partial charge in [0.25, 0.3) is 0 Å². The van der Waals surface area contributed by atoms with Crippen molar-refractivity contribution in [3.63, 3.8) is 0 Å². The van der Waals surface area contributed by atoms with Gasteiger partial charge < -0.3 is 4.90 Å². The van der Waals surface area contributed by atoms with E-state index in [0.29, 0.717) is 6.04 Å². The highest BCUT2D eigenvalue weighted by Crippen LogP contribution is 2.20. The van der Waals surface area contributed by atoms with Crippen LogP contribution in [0.4, 0.5) is 0 Å². The summed E-state index contributed by atoms with van der Waals surface area (Å²) in [6, 6.07) is 9.16. The van der Waals surface area contributed by atoms with Gasteiger partial charge in [0.15, 0.2) is 0 Å². The van der Waals surface area contributed by atoms with Crippen LogP contribution in [0.5, 0.6) is 0 Å². The van der Waals surface area contributed by atoms with E-state index >= 15 is 0 Å². The Morgan fingerprint density at radius 2 is 2.00 bits per heavy atom. The summed E-state index contributed by atoms with van der Waals surface area (Å²) in [4.78, 5) is 2.35. The third-order valence-corrected chi connectivity index (χ3v) is 2.52. The van der Waals surface area contributed by atoms with Crippen molar-refractivity contribution in [3.05, 3.63) is 41.6 Å². The van der Waals surface area contributed by atoms with Crippen molar-refractivity contribution in [1.82, 2.24) is 4.90 Å². The van der Waals surface area contributed by atoms with E-state index < -0.39 is 0 Å². The smallest absolute Gasteiger partial charge is 0.0432 e. The van der Waals surface area contributed by atoms with Crippen molar-refractivity contribution < 1.29 is 0 Å². The molecule has 0 saturated carbocycles. The first-order valence-corrected chi connectivity index (χ1v) is 4.79. The molecule has 0 N–H and O–H groups in total. The third-order valence-electron chi connectivity index (χ3n) is 2.52. The van der Waals surface area contributed by atoms with E-state index in [9.17, 15) is 0 Å². The maximum atomic E-state index is 2.35. The molecule has 0 fully saturated rings. The summed E-state index contributed by atoms with van der Waals surface area (Å²) in [6.45, 7) is 5.49. The second-order valence-corrected chi connectivity index (χ2v) is 3.78. The lowest BCUT2D eigenvalue weighted by molar-refractivity contribution is 0.302. The molecule has 1 nitrogen and oxygen atoms in total. The van der Waals surface area contributed by atoms with Gasteiger partial charge in [-0.15, -0.1) is 0 Å². The predicted molar refractivity (Wildman–Crippen MR) is 56.2 cm³/mol. The first-order valence-electron chi connectivity index (χ1n) is 4.79. The van der Waals surface area contributed by atoms with E-state index in [1.54, 1.807) is 0 Å². The Hall–Kier alpha value is -1.24. The van der Waals surface area contributed by atoms with Crippen LogP contribution in [0, 0.1) is 0 Å². The number of rotatable bonds is 1. The van der Waals surface area contributed by atoms with Crippen LogP contribution in [0.2, 0.25) is 0 Å². The summed E-state index contributed by atoms with van der Waals surface area (Å²) in [6.07, 6.45) is 4.38. The van der Waals surface area contributed by atoms with Gasteiger partial charge in [0.05, 0.1) is 0 Å². The minimum atomic E-state index is 0.588. The topological polar surface area (TPSA) is 3.24 Å². The molecular weight excluding hydrogens is 158 g/mol. The average Bonchev–Trinajstić information content (AvgIpc) is 2.17. The Labute approximate surface area is 79.7 Å². The number of nitrogens with zero attached hydrogens (tertiary/aromatic N) is 1. The highest BCUT2D eigenvalue weighted by atomic mass is 15.1. The van der Waals surface area contributed by atoms with E-state index in [1.807, 2.05) is 0 Å². The molecule has 13 heavy (non-hydrogen) atoms. The highest BCUT2D eigenvalue weighted by Gasteiger charge is 2.11. The largest absolute Gasteiger partial charge is 0.371 e. The van der Waals surface area contributed by atoms with Crippen LogP contribution in [-0.2, 0) is 6.54 Å². The third kappa shape index (κ3) is 1.59. The molecular formula is C12H15N. The molecule has 1 aromatic carbocycles. The van der Waals surface area contributed by atoms with Crippen LogP contribution in [0.25, 0.3) is 6.08 Å². The van der Waals surface area contributed by atoms with Crippen molar-refractivity contribution >= 4 is 6.08 Å². The number of hydrogen-bond donors (Lipinski definition) is 0. The first kappa shape index (κ1) is 8.36. The van der Waals surface area contributed by atoms with E-state index in [4.69, 9.17) is 0 Å². The quantitative estimate of drug-likeness (QED) is 0.631. The van der Waals surface area contributed by atoms with Crippen LogP contribution in [0.15, 0.2) is 30.5 Å². The van der Waals surface area contributed by atoms with Gasteiger partial charge >= 0.3 is 0 Å². The van der Waals surface area contributed by atoms with Gasteiger partial charge in [-0.3, -0.25) is 0 Å². The number of hydrogen-bond acceptors (Lipinski definition) is 1. The molecule has 0 spiro atoms. The van der Waals surface area contributed by atoms with Crippen LogP contribution in [0.1, 0.15) is 25.0 Å². The molecule has 0 bridgehead atoms. The minimum Gasteiger partial charge on any atom is -0.371 e. The average molecular weight is 173 g/mol. The molecule has 1 aliphatic rings. The van der Waals surface area contributed by atoms with Crippen LogP contribution >= 0.6 is 0 Å². The van der Waals surface area contributed by atoms with Crippen molar-refractivity contribution in [2.24, 2.45) is 0 Å². The maximum Gasteiger partial charge on any atom is 0.0432 e. The highest BCUT2D eigenvalue weighted by molar-refractivity contribution is 5.55. The second kappa shape index (κ2) is 3.25. The molecule has 0 aliphatic carbocycles. The van der Waals surface area contributed by atoms with Gasteiger partial charge in [0.2, 0.25) is 0 Å². The summed E-state index contributed by atoms with van der Waals surface area (Å²) < 4.78 is 0. The Morgan fingerprint density at radius 1 is 1.23 bits per heavy atom. The molecule has 1 aliphatic heterocycles. The molecule has 1 heteroatoms. The van der Waals surface area contributed by atoms with Crippen molar-refractivity contribution in [3.8, 4) is 0 Å². The van der Waals surface area contributed by atoms with E-state index in [1.165, 1.54) is 11.1 Å². The SMILES string of the molecule is CC(C)N1C=Cc2ccccc2C1. The summed E-state index contributed by atoms with van der Waals surface area (Å²) in [7, 11) is 0. The first-order chi connectivity index (χ1) is 6.27. The van der Waals surface area contributed by atoms with E-state index in [-0.39, 0.29) is 0 Å². The van der Waals surface area contributed by atoms with Crippen molar-refractivity contribution in [2.45, 2.75) is 26.4 Å². The van der Waals surface area contributed by atoms with Crippen molar-refractivity contribution in [2.75, 3.05) is 0 Å². The van der Waals surface area contributed by atoms with Gasteiger partial charge in [-0.25, -0.2) is 0 Å². The zero-order valence-electron chi connectivity index (χ0n) is 8.20. The molecule has 1 heterocycles. The number of benzene rings is 1. The Kier molecular flexibility index (Phi) is 2.09. The van der Waals surface area contributed by atoms with Gasteiger partial charge in [0.1, 0.15) is 0 Å². The molecule has 0 amide bonds. The van der Waals surface area contributed by atoms with Crippen LogP contribution in [0.3, 0.4) is 0 Å². The zero-order valence-corrected chi connectivity index (χ0v) is 8.20. The van der Waals surface area contributed by atoms with E-state index in [2.05, 4.69) is 55.3 Å². The van der Waals surface area contributed by atoms with E-state index in [0.717, 1.165) is 6.54 Å². The minimum absolute atomic E-state index is 0.588. The molecule has 2 rings (SSSR count). The van der Waals surface area contributed by atoms with Crippen LogP contribution < -0.4 is 0 Å². The molecule has 0 atom stereocenters.